The number of hydrogen-bond donors (Lipinski definition) is 0. The van der Waals surface area contributed by atoms with Crippen LogP contribution in [-0.4, -0.2) is 41.9 Å². The molecule has 0 unspecified atom stereocenters. The van der Waals surface area contributed by atoms with Crippen LogP contribution in [0.4, 0.5) is 0 Å². The third-order valence-corrected chi connectivity index (χ3v) is 5.69. The maximum Gasteiger partial charge on any atom is 0.225 e. The minimum atomic E-state index is 0.314. The van der Waals surface area contributed by atoms with Crippen LogP contribution in [0, 0.1) is 5.92 Å². The average molecular weight is 329 g/mol. The van der Waals surface area contributed by atoms with E-state index in [2.05, 4.69) is 47.9 Å². The van der Waals surface area contributed by atoms with Crippen LogP contribution in [0.5, 0.6) is 0 Å². The normalized spacial score (nSPS) is 20.5. The zero-order chi connectivity index (χ0) is 16.9. The summed E-state index contributed by atoms with van der Waals surface area (Å²) in [5, 5.41) is 0. The second-order valence-electron chi connectivity index (χ2n) is 7.83. The van der Waals surface area contributed by atoms with Gasteiger partial charge in [-0.15, -0.1) is 0 Å². The molecule has 132 valence electrons. The van der Waals surface area contributed by atoms with E-state index >= 15 is 0 Å². The maximum absolute atomic E-state index is 12.6. The smallest absolute Gasteiger partial charge is 0.225 e. The number of rotatable bonds is 4. The van der Waals surface area contributed by atoms with E-state index in [1.165, 1.54) is 30.4 Å². The first-order chi connectivity index (χ1) is 11.6. The Bertz CT molecular complexity index is 523. The summed E-state index contributed by atoms with van der Waals surface area (Å²) in [6.45, 7) is 9.28. The van der Waals surface area contributed by atoms with Crippen molar-refractivity contribution in [2.24, 2.45) is 5.92 Å². The fourth-order valence-corrected chi connectivity index (χ4v) is 4.00. The minimum absolute atomic E-state index is 0.314. The lowest BCUT2D eigenvalue weighted by Gasteiger charge is -2.37. The molecule has 0 spiro atoms. The highest BCUT2D eigenvalue weighted by atomic mass is 16.2. The lowest BCUT2D eigenvalue weighted by Crippen LogP contribution is -2.50. The Morgan fingerprint density at radius 2 is 1.62 bits per heavy atom. The first kappa shape index (κ1) is 17.5. The Hall–Kier alpha value is -1.35. The standard InChI is InChI=1S/C21H32N2O/c1-17(2)19-10-8-18(9-11-19)16-22-12-14-23(15-13-22)21(24)20-6-4-3-5-7-20/h8-11,17,20H,3-7,12-16H2,1-2H3. The summed E-state index contributed by atoms with van der Waals surface area (Å²) < 4.78 is 0. The number of hydrogen-bond acceptors (Lipinski definition) is 2. The maximum atomic E-state index is 12.6. The van der Waals surface area contributed by atoms with Crippen LogP contribution in [0.3, 0.4) is 0 Å². The molecule has 0 radical (unpaired) electrons. The topological polar surface area (TPSA) is 23.6 Å². The highest BCUT2D eigenvalue weighted by Crippen LogP contribution is 2.26. The lowest BCUT2D eigenvalue weighted by atomic mass is 9.88. The molecule has 0 N–H and O–H groups in total. The zero-order valence-corrected chi connectivity index (χ0v) is 15.3. The molecule has 1 saturated carbocycles. The summed E-state index contributed by atoms with van der Waals surface area (Å²) in [7, 11) is 0. The predicted molar refractivity (Wildman–Crippen MR) is 99.0 cm³/mol. The highest BCUT2D eigenvalue weighted by molar-refractivity contribution is 5.79. The van der Waals surface area contributed by atoms with Gasteiger partial charge >= 0.3 is 0 Å². The molecule has 3 nitrogen and oxygen atoms in total. The van der Waals surface area contributed by atoms with Crippen LogP contribution >= 0.6 is 0 Å². The number of benzene rings is 1. The molecule has 1 heterocycles. The molecule has 0 atom stereocenters. The molecule has 1 saturated heterocycles. The number of amides is 1. The second-order valence-corrected chi connectivity index (χ2v) is 7.83. The summed E-state index contributed by atoms with van der Waals surface area (Å²) in [4.78, 5) is 17.2. The highest BCUT2D eigenvalue weighted by Gasteiger charge is 2.28. The van der Waals surface area contributed by atoms with Crippen molar-refractivity contribution in [2.75, 3.05) is 26.2 Å². The molecule has 1 aromatic rings. The molecule has 2 aliphatic rings. The number of nitrogens with zero attached hydrogens (tertiary/aromatic N) is 2. The largest absolute Gasteiger partial charge is 0.340 e. The van der Waals surface area contributed by atoms with Crippen LogP contribution in [0.2, 0.25) is 0 Å². The number of carbonyl (C=O) groups excluding carboxylic acids is 1. The van der Waals surface area contributed by atoms with E-state index in [-0.39, 0.29) is 0 Å². The fraction of sp³-hybridized carbons (Fsp3) is 0.667. The first-order valence-electron chi connectivity index (χ1n) is 9.73. The average Bonchev–Trinajstić information content (AvgIpc) is 2.63. The van der Waals surface area contributed by atoms with Gasteiger partial charge in [0.25, 0.3) is 0 Å². The van der Waals surface area contributed by atoms with E-state index in [0.29, 0.717) is 17.7 Å². The molecule has 3 heteroatoms. The van der Waals surface area contributed by atoms with Gasteiger partial charge in [0.1, 0.15) is 0 Å². The molecule has 3 rings (SSSR count). The van der Waals surface area contributed by atoms with Gasteiger partial charge in [0, 0.05) is 38.6 Å². The van der Waals surface area contributed by atoms with Crippen molar-refractivity contribution in [3.8, 4) is 0 Å². The molecule has 1 aliphatic carbocycles. The van der Waals surface area contributed by atoms with Crippen LogP contribution in [0.15, 0.2) is 24.3 Å². The Morgan fingerprint density at radius 1 is 1.00 bits per heavy atom. The number of piperazine rings is 1. The molecule has 1 amide bonds. The molecular formula is C21H32N2O. The first-order valence-corrected chi connectivity index (χ1v) is 9.73. The van der Waals surface area contributed by atoms with Crippen molar-refractivity contribution in [3.63, 3.8) is 0 Å². The Morgan fingerprint density at radius 3 is 2.21 bits per heavy atom. The van der Waals surface area contributed by atoms with Gasteiger partial charge in [0.2, 0.25) is 5.91 Å². The monoisotopic (exact) mass is 328 g/mol. The third-order valence-electron chi connectivity index (χ3n) is 5.69. The van der Waals surface area contributed by atoms with Crippen LogP contribution in [-0.2, 0) is 11.3 Å². The van der Waals surface area contributed by atoms with Crippen molar-refractivity contribution in [1.82, 2.24) is 9.80 Å². The lowest BCUT2D eigenvalue weighted by molar-refractivity contribution is -0.138. The van der Waals surface area contributed by atoms with E-state index < -0.39 is 0 Å². The Kier molecular flexibility index (Phi) is 5.94. The van der Waals surface area contributed by atoms with Gasteiger partial charge < -0.3 is 4.90 Å². The van der Waals surface area contributed by atoms with Crippen molar-refractivity contribution in [1.29, 1.82) is 0 Å². The Labute approximate surface area is 147 Å². The predicted octanol–water partition coefficient (Wildman–Crippen LogP) is 4.03. The second kappa shape index (κ2) is 8.15. The van der Waals surface area contributed by atoms with Gasteiger partial charge in [-0.3, -0.25) is 9.69 Å². The third kappa shape index (κ3) is 4.38. The van der Waals surface area contributed by atoms with E-state index in [1.54, 1.807) is 0 Å². The molecule has 24 heavy (non-hydrogen) atoms. The van der Waals surface area contributed by atoms with Crippen LogP contribution in [0.1, 0.15) is 63.0 Å². The summed E-state index contributed by atoms with van der Waals surface area (Å²) in [5.41, 5.74) is 2.79. The van der Waals surface area contributed by atoms with E-state index in [0.717, 1.165) is 45.6 Å². The van der Waals surface area contributed by atoms with Gasteiger partial charge in [-0.1, -0.05) is 57.4 Å². The fourth-order valence-electron chi connectivity index (χ4n) is 4.00. The van der Waals surface area contributed by atoms with E-state index in [1.807, 2.05) is 0 Å². The molecule has 0 bridgehead atoms. The van der Waals surface area contributed by atoms with Gasteiger partial charge in [-0.2, -0.15) is 0 Å². The molecule has 0 aromatic heterocycles. The summed E-state index contributed by atoms with van der Waals surface area (Å²) in [6, 6.07) is 9.02. The summed E-state index contributed by atoms with van der Waals surface area (Å²) >= 11 is 0. The van der Waals surface area contributed by atoms with Crippen LogP contribution < -0.4 is 0 Å². The minimum Gasteiger partial charge on any atom is -0.340 e. The number of carbonyl (C=O) groups is 1. The van der Waals surface area contributed by atoms with Gasteiger partial charge in [-0.05, 0) is 29.9 Å². The summed E-state index contributed by atoms with van der Waals surface area (Å²) in [6.07, 6.45) is 6.02. The van der Waals surface area contributed by atoms with Crippen molar-refractivity contribution in [3.05, 3.63) is 35.4 Å². The molecule has 1 aliphatic heterocycles. The molecule has 1 aromatic carbocycles. The quantitative estimate of drug-likeness (QED) is 0.833. The molecular weight excluding hydrogens is 296 g/mol. The van der Waals surface area contributed by atoms with E-state index in [4.69, 9.17) is 0 Å². The van der Waals surface area contributed by atoms with Gasteiger partial charge in [-0.25, -0.2) is 0 Å². The van der Waals surface area contributed by atoms with Gasteiger partial charge in [0.05, 0.1) is 0 Å². The van der Waals surface area contributed by atoms with E-state index in [9.17, 15) is 4.79 Å². The van der Waals surface area contributed by atoms with Crippen LogP contribution in [0.25, 0.3) is 0 Å². The molecule has 2 fully saturated rings. The van der Waals surface area contributed by atoms with Crippen molar-refractivity contribution in [2.45, 2.75) is 58.4 Å². The van der Waals surface area contributed by atoms with Crippen molar-refractivity contribution < 1.29 is 4.79 Å². The Balaban J connectivity index is 1.47. The SMILES string of the molecule is CC(C)c1ccc(CN2CCN(C(=O)C3CCCCC3)CC2)cc1. The van der Waals surface area contributed by atoms with Gasteiger partial charge in [0.15, 0.2) is 0 Å². The summed E-state index contributed by atoms with van der Waals surface area (Å²) in [5.74, 6) is 1.33. The zero-order valence-electron chi connectivity index (χ0n) is 15.3. The van der Waals surface area contributed by atoms with Crippen molar-refractivity contribution >= 4 is 5.91 Å².